The van der Waals surface area contributed by atoms with E-state index in [-0.39, 0.29) is 36.3 Å². The van der Waals surface area contributed by atoms with Crippen molar-refractivity contribution in [3.05, 3.63) is 35.6 Å². The highest BCUT2D eigenvalue weighted by atomic mass is 127. The lowest BCUT2D eigenvalue weighted by Crippen LogP contribution is -2.39. The molecule has 0 aliphatic rings. The predicted molar refractivity (Wildman–Crippen MR) is 85.6 cm³/mol. The summed E-state index contributed by atoms with van der Waals surface area (Å²) in [5.74, 6) is -0.0131. The van der Waals surface area contributed by atoms with Crippen molar-refractivity contribution in [3.8, 4) is 0 Å². The molecule has 120 valence electrons. The van der Waals surface area contributed by atoms with Crippen molar-refractivity contribution in [1.29, 1.82) is 0 Å². The van der Waals surface area contributed by atoms with Crippen molar-refractivity contribution >= 4 is 29.9 Å². The lowest BCUT2D eigenvalue weighted by Gasteiger charge is -2.12. The monoisotopic (exact) mass is 419 g/mol. The highest BCUT2D eigenvalue weighted by molar-refractivity contribution is 14.0. The van der Waals surface area contributed by atoms with Gasteiger partial charge in [0.25, 0.3) is 0 Å². The van der Waals surface area contributed by atoms with Crippen LogP contribution < -0.4 is 10.6 Å². The highest BCUT2D eigenvalue weighted by Crippen LogP contribution is 2.17. The maximum absolute atomic E-state index is 12.9. The van der Waals surface area contributed by atoms with Gasteiger partial charge in [0.1, 0.15) is 5.82 Å². The van der Waals surface area contributed by atoms with Crippen LogP contribution in [-0.2, 0) is 6.42 Å². The van der Waals surface area contributed by atoms with Gasteiger partial charge in [-0.25, -0.2) is 4.39 Å². The zero-order valence-corrected chi connectivity index (χ0v) is 13.8. The molecule has 1 aromatic rings. The number of benzene rings is 1. The summed E-state index contributed by atoms with van der Waals surface area (Å²) in [6.07, 6.45) is -4.55. The first kappa shape index (κ1) is 19.9. The van der Waals surface area contributed by atoms with Gasteiger partial charge in [-0.3, -0.25) is 4.99 Å². The maximum atomic E-state index is 12.9. The van der Waals surface area contributed by atoms with E-state index in [1.807, 2.05) is 0 Å². The van der Waals surface area contributed by atoms with Crippen LogP contribution in [0.2, 0.25) is 0 Å². The number of hydrogen-bond donors (Lipinski definition) is 2. The fourth-order valence-electron chi connectivity index (χ4n) is 1.56. The first-order valence-corrected chi connectivity index (χ1v) is 6.16. The Morgan fingerprint density at radius 3 is 2.43 bits per heavy atom. The Kier molecular flexibility index (Phi) is 9.31. The van der Waals surface area contributed by atoms with Crippen molar-refractivity contribution in [2.45, 2.75) is 19.0 Å². The fraction of sp³-hybridized carbons (Fsp3) is 0.462. The quantitative estimate of drug-likeness (QED) is 0.333. The third kappa shape index (κ3) is 9.48. The number of nitrogens with zero attached hydrogens (tertiary/aromatic N) is 1. The molecular formula is C13H18F4IN3. The standard InChI is InChI=1S/C13H17F4N3.HI/c1-18-12(20-8-6-13(15,16)17)19-7-5-10-3-2-4-11(14)9-10;/h2-4,9H,5-8H2,1H3,(H2,18,19,20);1H. The van der Waals surface area contributed by atoms with E-state index < -0.39 is 12.6 Å². The minimum absolute atomic E-state index is 0. The normalized spacial score (nSPS) is 11.8. The molecule has 0 saturated heterocycles. The van der Waals surface area contributed by atoms with Gasteiger partial charge >= 0.3 is 6.18 Å². The van der Waals surface area contributed by atoms with E-state index in [1.165, 1.54) is 19.2 Å². The van der Waals surface area contributed by atoms with E-state index >= 15 is 0 Å². The SMILES string of the molecule is CN=C(NCCc1cccc(F)c1)NCCC(F)(F)F.I. The number of guanidine groups is 1. The molecule has 0 radical (unpaired) electrons. The van der Waals surface area contributed by atoms with Crippen molar-refractivity contribution in [3.63, 3.8) is 0 Å². The van der Waals surface area contributed by atoms with E-state index in [4.69, 9.17) is 0 Å². The summed E-state index contributed by atoms with van der Waals surface area (Å²) < 4.78 is 48.9. The van der Waals surface area contributed by atoms with E-state index in [2.05, 4.69) is 15.6 Å². The molecule has 0 amide bonds. The Morgan fingerprint density at radius 2 is 1.86 bits per heavy atom. The van der Waals surface area contributed by atoms with Crippen LogP contribution in [0.25, 0.3) is 0 Å². The molecule has 2 N–H and O–H groups in total. The number of alkyl halides is 3. The van der Waals surface area contributed by atoms with Gasteiger partial charge in [-0.05, 0) is 24.1 Å². The molecule has 0 unspecified atom stereocenters. The van der Waals surface area contributed by atoms with Crippen molar-refractivity contribution < 1.29 is 17.6 Å². The highest BCUT2D eigenvalue weighted by Gasteiger charge is 2.26. The summed E-state index contributed by atoms with van der Waals surface area (Å²) in [5, 5.41) is 5.44. The smallest absolute Gasteiger partial charge is 0.356 e. The van der Waals surface area contributed by atoms with Gasteiger partial charge < -0.3 is 10.6 Å². The van der Waals surface area contributed by atoms with Crippen LogP contribution in [0.3, 0.4) is 0 Å². The van der Waals surface area contributed by atoms with E-state index in [0.29, 0.717) is 18.9 Å². The summed E-state index contributed by atoms with van der Waals surface area (Å²) in [4.78, 5) is 3.81. The largest absolute Gasteiger partial charge is 0.390 e. The second-order valence-corrected chi connectivity index (χ2v) is 4.17. The number of rotatable bonds is 5. The molecule has 0 aliphatic carbocycles. The Hall–Kier alpha value is -1.06. The molecule has 0 saturated carbocycles. The van der Waals surface area contributed by atoms with Crippen LogP contribution in [0.1, 0.15) is 12.0 Å². The summed E-state index contributed by atoms with van der Waals surface area (Å²) in [6.45, 7) is 0.221. The zero-order chi connectivity index (χ0) is 15.0. The molecule has 1 rings (SSSR count). The van der Waals surface area contributed by atoms with Gasteiger partial charge in [0.05, 0.1) is 6.42 Å². The molecule has 3 nitrogen and oxygen atoms in total. The second-order valence-electron chi connectivity index (χ2n) is 4.17. The van der Waals surface area contributed by atoms with Crippen molar-refractivity contribution in [2.24, 2.45) is 4.99 Å². The molecule has 0 aliphatic heterocycles. The number of nitrogens with one attached hydrogen (secondary N) is 2. The molecule has 21 heavy (non-hydrogen) atoms. The topological polar surface area (TPSA) is 36.4 Å². The van der Waals surface area contributed by atoms with Crippen LogP contribution in [-0.4, -0.2) is 32.3 Å². The van der Waals surface area contributed by atoms with Crippen LogP contribution in [0.5, 0.6) is 0 Å². The van der Waals surface area contributed by atoms with Crippen LogP contribution in [0, 0.1) is 5.82 Å². The average Bonchev–Trinajstić information content (AvgIpc) is 2.35. The lowest BCUT2D eigenvalue weighted by molar-refractivity contribution is -0.132. The van der Waals surface area contributed by atoms with Crippen LogP contribution in [0.15, 0.2) is 29.3 Å². The molecule has 0 bridgehead atoms. The van der Waals surface area contributed by atoms with Crippen LogP contribution in [0.4, 0.5) is 17.6 Å². The molecular weight excluding hydrogens is 401 g/mol. The van der Waals surface area contributed by atoms with Crippen molar-refractivity contribution in [2.75, 3.05) is 20.1 Å². The minimum Gasteiger partial charge on any atom is -0.356 e. The molecule has 0 atom stereocenters. The van der Waals surface area contributed by atoms with Gasteiger partial charge in [0.2, 0.25) is 0 Å². The average molecular weight is 419 g/mol. The molecule has 1 aromatic carbocycles. The number of hydrogen-bond acceptors (Lipinski definition) is 1. The van der Waals surface area contributed by atoms with E-state index in [1.54, 1.807) is 12.1 Å². The molecule has 0 aromatic heterocycles. The predicted octanol–water partition coefficient (Wildman–Crippen LogP) is 3.10. The third-order valence-corrected chi connectivity index (χ3v) is 2.52. The first-order valence-electron chi connectivity index (χ1n) is 6.16. The maximum Gasteiger partial charge on any atom is 0.390 e. The van der Waals surface area contributed by atoms with Gasteiger partial charge in [-0.2, -0.15) is 13.2 Å². The third-order valence-electron chi connectivity index (χ3n) is 2.52. The lowest BCUT2D eigenvalue weighted by atomic mass is 10.1. The second kappa shape index (κ2) is 9.80. The summed E-state index contributed by atoms with van der Waals surface area (Å²) in [5.41, 5.74) is 0.809. The molecule has 0 spiro atoms. The Balaban J connectivity index is 0.00000400. The van der Waals surface area contributed by atoms with E-state index in [9.17, 15) is 17.6 Å². The van der Waals surface area contributed by atoms with E-state index in [0.717, 1.165) is 5.56 Å². The Morgan fingerprint density at radius 1 is 1.19 bits per heavy atom. The van der Waals surface area contributed by atoms with Gasteiger partial charge in [-0.1, -0.05) is 12.1 Å². The molecule has 0 fully saturated rings. The minimum atomic E-state index is -4.19. The first-order chi connectivity index (χ1) is 9.40. The number of halogens is 5. The van der Waals surface area contributed by atoms with Gasteiger partial charge in [-0.15, -0.1) is 24.0 Å². The fourth-order valence-corrected chi connectivity index (χ4v) is 1.56. The Bertz CT molecular complexity index is 449. The summed E-state index contributed by atoms with van der Waals surface area (Å²) in [6, 6.07) is 6.17. The summed E-state index contributed by atoms with van der Waals surface area (Å²) >= 11 is 0. The zero-order valence-electron chi connectivity index (χ0n) is 11.5. The summed E-state index contributed by atoms with van der Waals surface area (Å²) in [7, 11) is 1.48. The van der Waals surface area contributed by atoms with Crippen molar-refractivity contribution in [1.82, 2.24) is 10.6 Å². The van der Waals surface area contributed by atoms with Gasteiger partial charge in [0, 0.05) is 20.1 Å². The Labute approximate surface area is 138 Å². The molecule has 0 heterocycles. The molecule has 8 heteroatoms. The number of aliphatic imine (C=N–C) groups is 1. The van der Waals surface area contributed by atoms with Crippen LogP contribution >= 0.6 is 24.0 Å². The van der Waals surface area contributed by atoms with Gasteiger partial charge in [0.15, 0.2) is 5.96 Å².